The zero-order valence-electron chi connectivity index (χ0n) is 12.2. The van der Waals surface area contributed by atoms with Crippen molar-refractivity contribution in [3.63, 3.8) is 0 Å². The number of hydrogen-bond donors (Lipinski definition) is 0. The Morgan fingerprint density at radius 3 is 2.64 bits per heavy atom. The Labute approximate surface area is 131 Å². The molecule has 0 fully saturated rings. The third-order valence-electron chi connectivity index (χ3n) is 3.38. The van der Waals surface area contributed by atoms with Crippen LogP contribution in [0.25, 0.3) is 10.5 Å². The number of benzene rings is 1. The normalized spacial score (nSPS) is 12.5. The van der Waals surface area contributed by atoms with E-state index in [9.17, 15) is 4.39 Å². The fourth-order valence-corrected chi connectivity index (χ4v) is 3.10. The molecule has 3 aromatic rings. The molecule has 0 aliphatic rings. The SMILES string of the molecule is COCC(c1ccc(F)cc1)N(C)c1nc2nccnc2s1. The number of halogens is 1. The Hall–Kier alpha value is -2.12. The van der Waals surface area contributed by atoms with Crippen molar-refractivity contribution in [2.24, 2.45) is 0 Å². The molecule has 0 bridgehead atoms. The molecule has 0 saturated carbocycles. The monoisotopic (exact) mass is 318 g/mol. The summed E-state index contributed by atoms with van der Waals surface area (Å²) in [5.74, 6) is -0.254. The van der Waals surface area contributed by atoms with Crippen molar-refractivity contribution in [1.29, 1.82) is 0 Å². The van der Waals surface area contributed by atoms with Gasteiger partial charge in [-0.1, -0.05) is 23.5 Å². The maximum absolute atomic E-state index is 13.1. The molecule has 0 spiro atoms. The van der Waals surface area contributed by atoms with E-state index in [0.29, 0.717) is 12.3 Å². The van der Waals surface area contributed by atoms with Gasteiger partial charge in [-0.25, -0.2) is 14.4 Å². The van der Waals surface area contributed by atoms with Crippen molar-refractivity contribution in [2.45, 2.75) is 6.04 Å². The first-order chi connectivity index (χ1) is 10.7. The maximum atomic E-state index is 13.1. The van der Waals surface area contributed by atoms with E-state index in [0.717, 1.165) is 15.5 Å². The highest BCUT2D eigenvalue weighted by Gasteiger charge is 2.21. The quantitative estimate of drug-likeness (QED) is 0.724. The van der Waals surface area contributed by atoms with E-state index in [1.165, 1.54) is 23.5 Å². The van der Waals surface area contributed by atoms with Gasteiger partial charge in [0.1, 0.15) is 5.82 Å². The van der Waals surface area contributed by atoms with Crippen LogP contribution in [-0.4, -0.2) is 35.7 Å². The van der Waals surface area contributed by atoms with Gasteiger partial charge in [-0.3, -0.25) is 0 Å². The van der Waals surface area contributed by atoms with Gasteiger partial charge in [0.25, 0.3) is 0 Å². The highest BCUT2D eigenvalue weighted by molar-refractivity contribution is 7.21. The zero-order chi connectivity index (χ0) is 15.5. The first-order valence-electron chi connectivity index (χ1n) is 6.74. The average molecular weight is 318 g/mol. The molecule has 5 nitrogen and oxygen atoms in total. The molecule has 2 heterocycles. The van der Waals surface area contributed by atoms with Crippen molar-refractivity contribution in [1.82, 2.24) is 15.0 Å². The first-order valence-corrected chi connectivity index (χ1v) is 7.55. The molecule has 22 heavy (non-hydrogen) atoms. The summed E-state index contributed by atoms with van der Waals surface area (Å²) in [5, 5.41) is 0.799. The van der Waals surface area contributed by atoms with Crippen LogP contribution in [0, 0.1) is 5.82 Å². The lowest BCUT2D eigenvalue weighted by atomic mass is 10.1. The summed E-state index contributed by atoms with van der Waals surface area (Å²) in [5.41, 5.74) is 1.59. The van der Waals surface area contributed by atoms with Gasteiger partial charge in [-0.05, 0) is 17.7 Å². The molecule has 0 aliphatic heterocycles. The standard InChI is InChI=1S/C15H15FN4OS/c1-20(15-19-13-14(22-15)18-8-7-17-13)12(9-21-2)10-3-5-11(16)6-4-10/h3-8,12H,9H2,1-2H3. The molecular formula is C15H15FN4OS. The molecule has 1 unspecified atom stereocenters. The number of rotatable bonds is 5. The number of fused-ring (bicyclic) bond motifs is 1. The molecule has 0 amide bonds. The number of likely N-dealkylation sites (N-methyl/N-ethyl adjacent to an activating group) is 1. The Kier molecular flexibility index (Phi) is 4.26. The summed E-state index contributed by atoms with van der Waals surface area (Å²) in [6.45, 7) is 0.471. The van der Waals surface area contributed by atoms with Gasteiger partial charge in [0.05, 0.1) is 12.6 Å². The zero-order valence-corrected chi connectivity index (χ0v) is 13.0. The van der Waals surface area contributed by atoms with Crippen LogP contribution in [0.15, 0.2) is 36.7 Å². The summed E-state index contributed by atoms with van der Waals surface area (Å²) in [6, 6.07) is 6.37. The molecule has 0 aliphatic carbocycles. The van der Waals surface area contributed by atoms with Gasteiger partial charge in [0.15, 0.2) is 15.6 Å². The molecule has 1 atom stereocenters. The molecule has 1 aromatic carbocycles. The smallest absolute Gasteiger partial charge is 0.191 e. The fourth-order valence-electron chi connectivity index (χ4n) is 2.23. The molecule has 3 rings (SSSR count). The van der Waals surface area contributed by atoms with Crippen LogP contribution in [0.2, 0.25) is 0 Å². The lowest BCUT2D eigenvalue weighted by Crippen LogP contribution is -2.27. The van der Waals surface area contributed by atoms with Crippen LogP contribution < -0.4 is 4.90 Å². The number of aromatic nitrogens is 3. The highest BCUT2D eigenvalue weighted by atomic mass is 32.1. The van der Waals surface area contributed by atoms with Crippen LogP contribution in [0.5, 0.6) is 0 Å². The lowest BCUT2D eigenvalue weighted by Gasteiger charge is -2.27. The number of thiazole rings is 1. The molecular weight excluding hydrogens is 303 g/mol. The minimum absolute atomic E-state index is 0.0637. The summed E-state index contributed by atoms with van der Waals surface area (Å²) in [4.78, 5) is 15.8. The number of nitrogens with zero attached hydrogens (tertiary/aromatic N) is 4. The van der Waals surface area contributed by atoms with E-state index in [4.69, 9.17) is 4.74 Å². The van der Waals surface area contributed by atoms with Gasteiger partial charge in [0.2, 0.25) is 0 Å². The molecule has 0 radical (unpaired) electrons. The summed E-state index contributed by atoms with van der Waals surface area (Å²) in [7, 11) is 3.58. The summed E-state index contributed by atoms with van der Waals surface area (Å²) >= 11 is 1.47. The van der Waals surface area contributed by atoms with E-state index in [-0.39, 0.29) is 11.9 Å². The van der Waals surface area contributed by atoms with Gasteiger partial charge in [-0.15, -0.1) is 0 Å². The Balaban J connectivity index is 1.94. The highest BCUT2D eigenvalue weighted by Crippen LogP contribution is 2.31. The van der Waals surface area contributed by atoms with Gasteiger partial charge >= 0.3 is 0 Å². The second kappa shape index (κ2) is 6.33. The van der Waals surface area contributed by atoms with Gasteiger partial charge < -0.3 is 9.64 Å². The predicted octanol–water partition coefficient (Wildman–Crippen LogP) is 3.05. The van der Waals surface area contributed by atoms with Crippen molar-refractivity contribution in [3.8, 4) is 0 Å². The average Bonchev–Trinajstić information content (AvgIpc) is 2.97. The second-order valence-corrected chi connectivity index (χ2v) is 5.77. The minimum Gasteiger partial charge on any atom is -0.382 e. The van der Waals surface area contributed by atoms with E-state index in [1.54, 1.807) is 31.6 Å². The van der Waals surface area contributed by atoms with Crippen LogP contribution >= 0.6 is 11.3 Å². The number of methoxy groups -OCH3 is 1. The Morgan fingerprint density at radius 1 is 1.23 bits per heavy atom. The minimum atomic E-state index is -0.254. The molecule has 2 aromatic heterocycles. The lowest BCUT2D eigenvalue weighted by molar-refractivity contribution is 0.179. The molecule has 7 heteroatoms. The number of hydrogen-bond acceptors (Lipinski definition) is 6. The third-order valence-corrected chi connectivity index (χ3v) is 4.43. The van der Waals surface area contributed by atoms with E-state index < -0.39 is 0 Å². The van der Waals surface area contributed by atoms with Crippen LogP contribution in [-0.2, 0) is 4.74 Å². The van der Waals surface area contributed by atoms with E-state index in [1.807, 2.05) is 11.9 Å². The second-order valence-electron chi connectivity index (χ2n) is 4.82. The maximum Gasteiger partial charge on any atom is 0.191 e. The fraction of sp³-hybridized carbons (Fsp3) is 0.267. The largest absolute Gasteiger partial charge is 0.382 e. The van der Waals surface area contributed by atoms with Crippen LogP contribution in [0.4, 0.5) is 9.52 Å². The summed E-state index contributed by atoms with van der Waals surface area (Å²) < 4.78 is 18.4. The van der Waals surface area contributed by atoms with Crippen LogP contribution in [0.1, 0.15) is 11.6 Å². The van der Waals surface area contributed by atoms with Crippen molar-refractivity contribution < 1.29 is 9.13 Å². The number of ether oxygens (including phenoxy) is 1. The van der Waals surface area contributed by atoms with E-state index in [2.05, 4.69) is 15.0 Å². The predicted molar refractivity (Wildman–Crippen MR) is 84.6 cm³/mol. The van der Waals surface area contributed by atoms with Crippen molar-refractivity contribution >= 4 is 26.9 Å². The van der Waals surface area contributed by atoms with Crippen LogP contribution in [0.3, 0.4) is 0 Å². The summed E-state index contributed by atoms with van der Waals surface area (Å²) in [6.07, 6.45) is 3.27. The molecule has 0 saturated heterocycles. The third kappa shape index (κ3) is 2.90. The number of anilines is 1. The topological polar surface area (TPSA) is 51.1 Å². The van der Waals surface area contributed by atoms with Crippen molar-refractivity contribution in [3.05, 3.63) is 48.0 Å². The molecule has 114 valence electrons. The van der Waals surface area contributed by atoms with Gasteiger partial charge in [0, 0.05) is 26.6 Å². The Morgan fingerprint density at radius 2 is 1.95 bits per heavy atom. The van der Waals surface area contributed by atoms with E-state index >= 15 is 0 Å². The van der Waals surface area contributed by atoms with Crippen molar-refractivity contribution in [2.75, 3.05) is 25.7 Å². The Bertz CT molecular complexity index is 729. The molecule has 0 N–H and O–H groups in total. The first kappa shape index (κ1) is 14.8. The van der Waals surface area contributed by atoms with Gasteiger partial charge in [-0.2, -0.15) is 4.98 Å².